The third-order valence-electron chi connectivity index (χ3n) is 14.5. The van der Waals surface area contributed by atoms with Gasteiger partial charge in [-0.2, -0.15) is 0 Å². The van der Waals surface area contributed by atoms with Gasteiger partial charge in [0.1, 0.15) is 0 Å². The molecule has 0 rings (SSSR count). The lowest BCUT2D eigenvalue weighted by atomic mass is 10.0. The van der Waals surface area contributed by atoms with Crippen LogP contribution in [0.15, 0.2) is 24.3 Å². The van der Waals surface area contributed by atoms with Crippen molar-refractivity contribution in [1.82, 2.24) is 5.32 Å². The molecule has 6 nitrogen and oxygen atoms in total. The average Bonchev–Trinajstić information content (AvgIpc) is 3.35. The molecular formula is C63H121NO5. The van der Waals surface area contributed by atoms with Crippen molar-refractivity contribution in [2.45, 2.75) is 353 Å². The molecule has 1 amide bonds. The number of amides is 1. The zero-order valence-corrected chi connectivity index (χ0v) is 46.6. The van der Waals surface area contributed by atoms with E-state index in [2.05, 4.69) is 31.3 Å². The van der Waals surface area contributed by atoms with Crippen molar-refractivity contribution in [3.8, 4) is 0 Å². The summed E-state index contributed by atoms with van der Waals surface area (Å²) in [5, 5.41) is 23.2. The summed E-state index contributed by atoms with van der Waals surface area (Å²) < 4.78 is 5.47. The Labute approximate surface area is 431 Å². The Morgan fingerprint density at radius 3 is 1.03 bits per heavy atom. The van der Waals surface area contributed by atoms with Gasteiger partial charge in [-0.3, -0.25) is 9.59 Å². The quantitative estimate of drug-likeness (QED) is 0.0321. The number of ether oxygens (including phenoxy) is 1. The Bertz CT molecular complexity index is 1080. The van der Waals surface area contributed by atoms with E-state index < -0.39 is 12.1 Å². The molecule has 0 spiro atoms. The van der Waals surface area contributed by atoms with E-state index in [0.29, 0.717) is 19.4 Å². The van der Waals surface area contributed by atoms with Crippen molar-refractivity contribution in [2.75, 3.05) is 13.2 Å². The third-order valence-corrected chi connectivity index (χ3v) is 14.5. The topological polar surface area (TPSA) is 95.9 Å². The van der Waals surface area contributed by atoms with Gasteiger partial charge in [-0.25, -0.2) is 0 Å². The van der Waals surface area contributed by atoms with Crippen LogP contribution in [-0.4, -0.2) is 47.4 Å². The monoisotopic (exact) mass is 972 g/mol. The van der Waals surface area contributed by atoms with Gasteiger partial charge in [0.25, 0.3) is 0 Å². The van der Waals surface area contributed by atoms with Gasteiger partial charge < -0.3 is 20.3 Å². The molecule has 0 bridgehead atoms. The SMILES string of the molecule is CCCCCCCCC/C=C\CCCCCCCC(=O)OCCCCCCCCCCCCCC(=O)NC(CO)C(O)/C=C/CCCCCCCCCCCCCCCCCCCCCCCCC. The average molecular weight is 973 g/mol. The number of carbonyl (C=O) groups is 2. The molecule has 0 aliphatic carbocycles. The van der Waals surface area contributed by atoms with Crippen molar-refractivity contribution in [3.05, 3.63) is 24.3 Å². The maximum atomic E-state index is 12.5. The number of aliphatic hydroxyl groups is 2. The molecule has 0 saturated carbocycles. The van der Waals surface area contributed by atoms with Gasteiger partial charge in [-0.15, -0.1) is 0 Å². The Morgan fingerprint density at radius 2 is 0.681 bits per heavy atom. The molecule has 2 unspecified atom stereocenters. The van der Waals surface area contributed by atoms with Crippen molar-refractivity contribution in [3.63, 3.8) is 0 Å². The Morgan fingerprint density at radius 1 is 0.391 bits per heavy atom. The molecule has 0 saturated heterocycles. The van der Waals surface area contributed by atoms with E-state index in [4.69, 9.17) is 4.74 Å². The van der Waals surface area contributed by atoms with E-state index in [9.17, 15) is 19.8 Å². The summed E-state index contributed by atoms with van der Waals surface area (Å²) >= 11 is 0. The van der Waals surface area contributed by atoms with Crippen molar-refractivity contribution in [2.24, 2.45) is 0 Å². The molecule has 0 aliphatic rings. The predicted octanol–water partition coefficient (Wildman–Crippen LogP) is 19.4. The highest BCUT2D eigenvalue weighted by Gasteiger charge is 2.18. The van der Waals surface area contributed by atoms with E-state index >= 15 is 0 Å². The normalized spacial score (nSPS) is 12.7. The maximum Gasteiger partial charge on any atom is 0.305 e. The number of hydrogen-bond donors (Lipinski definition) is 3. The van der Waals surface area contributed by atoms with Crippen LogP contribution in [-0.2, 0) is 14.3 Å². The van der Waals surface area contributed by atoms with Gasteiger partial charge in [0.2, 0.25) is 5.91 Å². The van der Waals surface area contributed by atoms with Crippen LogP contribution in [0.2, 0.25) is 0 Å². The molecule has 408 valence electrons. The first kappa shape index (κ1) is 67.3. The number of carbonyl (C=O) groups excluding carboxylic acids is 2. The Kier molecular flexibility index (Phi) is 57.5. The molecule has 2 atom stereocenters. The molecule has 0 heterocycles. The standard InChI is InChI=1S/C63H121NO5/c1-3-5-7-9-11-13-15-17-19-21-22-23-24-25-26-27-28-29-30-32-35-39-43-47-51-55-61(66)60(59-65)64-62(67)56-52-48-44-40-36-34-38-42-46-50-54-58-69-63(68)57-53-49-45-41-37-33-31-20-18-16-14-12-10-8-6-4-2/h20,31,51,55,60-61,65-66H,3-19,21-30,32-50,52-54,56-59H2,1-2H3,(H,64,67)/b31-20-,55-51+. The van der Waals surface area contributed by atoms with E-state index in [1.54, 1.807) is 6.08 Å². The highest BCUT2D eigenvalue weighted by atomic mass is 16.5. The lowest BCUT2D eigenvalue weighted by Crippen LogP contribution is -2.45. The van der Waals surface area contributed by atoms with Crippen molar-refractivity contribution < 1.29 is 24.5 Å². The van der Waals surface area contributed by atoms with Gasteiger partial charge in [-0.1, -0.05) is 295 Å². The van der Waals surface area contributed by atoms with Crippen LogP contribution in [0.1, 0.15) is 341 Å². The third kappa shape index (κ3) is 55.5. The van der Waals surface area contributed by atoms with Gasteiger partial charge in [-0.05, 0) is 57.8 Å². The second kappa shape index (κ2) is 58.9. The van der Waals surface area contributed by atoms with Crippen LogP contribution < -0.4 is 5.32 Å². The smallest absolute Gasteiger partial charge is 0.305 e. The molecule has 0 aromatic rings. The zero-order chi connectivity index (χ0) is 50.0. The van der Waals surface area contributed by atoms with Gasteiger partial charge in [0, 0.05) is 12.8 Å². The fourth-order valence-electron chi connectivity index (χ4n) is 9.69. The van der Waals surface area contributed by atoms with E-state index in [1.807, 2.05) is 6.08 Å². The first-order valence-electron chi connectivity index (χ1n) is 31.1. The molecule has 0 aromatic carbocycles. The number of hydrogen-bond acceptors (Lipinski definition) is 5. The highest BCUT2D eigenvalue weighted by molar-refractivity contribution is 5.76. The van der Waals surface area contributed by atoms with Crippen LogP contribution >= 0.6 is 0 Å². The first-order chi connectivity index (χ1) is 34.0. The number of rotatable bonds is 58. The number of unbranched alkanes of at least 4 members (excludes halogenated alkanes) is 45. The molecule has 0 aromatic heterocycles. The Hall–Kier alpha value is -1.66. The summed E-state index contributed by atoms with van der Waals surface area (Å²) in [5.41, 5.74) is 0. The predicted molar refractivity (Wildman–Crippen MR) is 301 cm³/mol. The highest BCUT2D eigenvalue weighted by Crippen LogP contribution is 2.17. The molecule has 0 fully saturated rings. The van der Waals surface area contributed by atoms with E-state index in [1.165, 1.54) is 257 Å². The van der Waals surface area contributed by atoms with Gasteiger partial charge >= 0.3 is 5.97 Å². The van der Waals surface area contributed by atoms with Crippen LogP contribution in [0.4, 0.5) is 0 Å². The lowest BCUT2D eigenvalue weighted by Gasteiger charge is -2.20. The van der Waals surface area contributed by atoms with Crippen LogP contribution in [0.25, 0.3) is 0 Å². The summed E-state index contributed by atoms with van der Waals surface area (Å²) in [6, 6.07) is -0.643. The lowest BCUT2D eigenvalue weighted by molar-refractivity contribution is -0.143. The largest absolute Gasteiger partial charge is 0.466 e. The van der Waals surface area contributed by atoms with Crippen LogP contribution in [0, 0.1) is 0 Å². The number of nitrogens with one attached hydrogen (secondary N) is 1. The molecule has 6 heteroatoms. The zero-order valence-electron chi connectivity index (χ0n) is 46.6. The summed E-state index contributed by atoms with van der Waals surface area (Å²) in [6.07, 6.45) is 72.1. The molecule has 3 N–H and O–H groups in total. The van der Waals surface area contributed by atoms with Crippen molar-refractivity contribution >= 4 is 11.9 Å². The first-order valence-corrected chi connectivity index (χ1v) is 31.1. The van der Waals surface area contributed by atoms with Crippen molar-refractivity contribution in [1.29, 1.82) is 0 Å². The molecule has 0 radical (unpaired) electrons. The summed E-state index contributed by atoms with van der Waals surface area (Å²) in [7, 11) is 0. The van der Waals surface area contributed by atoms with E-state index in [-0.39, 0.29) is 18.5 Å². The Balaban J connectivity index is 3.48. The second-order valence-electron chi connectivity index (χ2n) is 21.4. The molecule has 0 aliphatic heterocycles. The fraction of sp³-hybridized carbons (Fsp3) is 0.905. The number of allylic oxidation sites excluding steroid dienone is 3. The molecule has 69 heavy (non-hydrogen) atoms. The second-order valence-corrected chi connectivity index (χ2v) is 21.4. The minimum absolute atomic E-state index is 0.0218. The van der Waals surface area contributed by atoms with Crippen LogP contribution in [0.3, 0.4) is 0 Å². The molecular weight excluding hydrogens is 851 g/mol. The van der Waals surface area contributed by atoms with Crippen LogP contribution in [0.5, 0.6) is 0 Å². The van der Waals surface area contributed by atoms with Gasteiger partial charge in [0.05, 0.1) is 25.4 Å². The maximum absolute atomic E-state index is 12.5. The number of aliphatic hydroxyl groups excluding tert-OH is 2. The number of esters is 1. The minimum atomic E-state index is -0.858. The summed E-state index contributed by atoms with van der Waals surface area (Å²) in [4.78, 5) is 24.6. The summed E-state index contributed by atoms with van der Waals surface area (Å²) in [5.74, 6) is -0.105. The summed E-state index contributed by atoms with van der Waals surface area (Å²) in [6.45, 7) is 4.88. The van der Waals surface area contributed by atoms with E-state index in [0.717, 1.165) is 57.8 Å². The van der Waals surface area contributed by atoms with Gasteiger partial charge in [0.15, 0.2) is 0 Å². The fourth-order valence-corrected chi connectivity index (χ4v) is 9.69. The minimum Gasteiger partial charge on any atom is -0.466 e.